The summed E-state index contributed by atoms with van der Waals surface area (Å²) in [6, 6.07) is 6.07. The van der Waals surface area contributed by atoms with Crippen molar-refractivity contribution in [2.24, 2.45) is 0 Å². The van der Waals surface area contributed by atoms with Crippen molar-refractivity contribution in [2.45, 2.75) is 20.3 Å². The summed E-state index contributed by atoms with van der Waals surface area (Å²) < 4.78 is 0. The van der Waals surface area contributed by atoms with Crippen molar-refractivity contribution in [1.29, 1.82) is 0 Å². The fourth-order valence-electron chi connectivity index (χ4n) is 1.82. The van der Waals surface area contributed by atoms with Crippen LogP contribution in [0.2, 0.25) is 0 Å². The molecule has 0 saturated carbocycles. The summed E-state index contributed by atoms with van der Waals surface area (Å²) in [5, 5.41) is 2.15. The Labute approximate surface area is 112 Å². The average molecular weight is 261 g/mol. The second-order valence-corrected chi connectivity index (χ2v) is 5.54. The zero-order valence-electron chi connectivity index (χ0n) is 11.1. The van der Waals surface area contributed by atoms with Gasteiger partial charge in [-0.1, -0.05) is 0 Å². The lowest BCUT2D eigenvalue weighted by Gasteiger charge is -2.18. The van der Waals surface area contributed by atoms with Crippen molar-refractivity contribution in [3.05, 3.63) is 39.7 Å². The van der Waals surface area contributed by atoms with Crippen LogP contribution in [0.4, 0.5) is 11.5 Å². The molecule has 0 saturated heterocycles. The third kappa shape index (κ3) is 2.82. The number of likely N-dealkylation sites (N-methyl/N-ethyl adjacent to an activating group) is 1. The van der Waals surface area contributed by atoms with Gasteiger partial charge in [-0.2, -0.15) is 0 Å². The van der Waals surface area contributed by atoms with Gasteiger partial charge in [0.05, 0.1) is 11.4 Å². The summed E-state index contributed by atoms with van der Waals surface area (Å²) in [6.07, 6.45) is 1.06. The third-order valence-electron chi connectivity index (χ3n) is 3.15. The molecule has 0 spiro atoms. The standard InChI is InChI=1S/C14H19N3S/c1-10-7-9-18-13(10)6-8-17(3)14-5-4-12(15)11(2)16-14/h4-5,7,9H,6,8,15H2,1-3H3. The van der Waals surface area contributed by atoms with Gasteiger partial charge in [-0.3, -0.25) is 0 Å². The lowest BCUT2D eigenvalue weighted by Crippen LogP contribution is -2.21. The number of pyridine rings is 1. The maximum atomic E-state index is 5.78. The fourth-order valence-corrected chi connectivity index (χ4v) is 2.71. The Morgan fingerprint density at radius 1 is 1.28 bits per heavy atom. The van der Waals surface area contributed by atoms with Crippen LogP contribution < -0.4 is 10.6 Å². The molecule has 18 heavy (non-hydrogen) atoms. The summed E-state index contributed by atoms with van der Waals surface area (Å²) in [4.78, 5) is 8.12. The molecule has 2 N–H and O–H groups in total. The van der Waals surface area contributed by atoms with Crippen LogP contribution in [0.5, 0.6) is 0 Å². The van der Waals surface area contributed by atoms with Crippen molar-refractivity contribution >= 4 is 22.8 Å². The smallest absolute Gasteiger partial charge is 0.128 e. The maximum Gasteiger partial charge on any atom is 0.128 e. The molecule has 2 aromatic rings. The van der Waals surface area contributed by atoms with Crippen LogP contribution in [-0.4, -0.2) is 18.6 Å². The first kappa shape index (κ1) is 12.9. The van der Waals surface area contributed by atoms with Crippen molar-refractivity contribution in [3.8, 4) is 0 Å². The van der Waals surface area contributed by atoms with Crippen molar-refractivity contribution in [1.82, 2.24) is 4.98 Å². The van der Waals surface area contributed by atoms with Crippen LogP contribution in [0, 0.1) is 13.8 Å². The highest BCUT2D eigenvalue weighted by molar-refractivity contribution is 7.10. The number of rotatable bonds is 4. The Morgan fingerprint density at radius 3 is 2.67 bits per heavy atom. The molecule has 0 radical (unpaired) electrons. The molecule has 0 bridgehead atoms. The molecule has 0 fully saturated rings. The Hall–Kier alpha value is -1.55. The van der Waals surface area contributed by atoms with E-state index in [1.807, 2.05) is 30.4 Å². The first-order valence-corrected chi connectivity index (χ1v) is 6.93. The molecular formula is C14H19N3S. The van der Waals surface area contributed by atoms with E-state index in [-0.39, 0.29) is 0 Å². The molecule has 0 aliphatic heterocycles. The lowest BCUT2D eigenvalue weighted by molar-refractivity contribution is 0.862. The molecule has 0 aromatic carbocycles. The maximum absolute atomic E-state index is 5.78. The van der Waals surface area contributed by atoms with E-state index in [2.05, 4.69) is 35.3 Å². The Balaban J connectivity index is 2.01. The number of nitrogen functional groups attached to an aromatic ring is 1. The van der Waals surface area contributed by atoms with Gasteiger partial charge in [0.25, 0.3) is 0 Å². The van der Waals surface area contributed by atoms with Gasteiger partial charge >= 0.3 is 0 Å². The molecule has 2 aromatic heterocycles. The van der Waals surface area contributed by atoms with E-state index in [0.717, 1.165) is 30.2 Å². The van der Waals surface area contributed by atoms with Crippen LogP contribution in [0.15, 0.2) is 23.6 Å². The molecular weight excluding hydrogens is 242 g/mol. The molecule has 4 heteroatoms. The number of aryl methyl sites for hydroxylation is 2. The summed E-state index contributed by atoms with van der Waals surface area (Å²) in [6.45, 7) is 5.07. The summed E-state index contributed by atoms with van der Waals surface area (Å²) in [5.41, 5.74) is 8.81. The Kier molecular flexibility index (Phi) is 3.87. The van der Waals surface area contributed by atoms with Gasteiger partial charge in [-0.15, -0.1) is 11.3 Å². The van der Waals surface area contributed by atoms with Crippen LogP contribution in [0.25, 0.3) is 0 Å². The minimum absolute atomic E-state index is 0.751. The molecule has 0 aliphatic carbocycles. The summed E-state index contributed by atoms with van der Waals surface area (Å²) >= 11 is 1.83. The van der Waals surface area contributed by atoms with Gasteiger partial charge in [0.15, 0.2) is 0 Å². The predicted octanol–water partition coefficient (Wildman–Crippen LogP) is 3.02. The number of hydrogen-bond acceptors (Lipinski definition) is 4. The van der Waals surface area contributed by atoms with E-state index < -0.39 is 0 Å². The van der Waals surface area contributed by atoms with Crippen LogP contribution in [-0.2, 0) is 6.42 Å². The fraction of sp³-hybridized carbons (Fsp3) is 0.357. The first-order chi connectivity index (χ1) is 8.58. The van der Waals surface area contributed by atoms with E-state index in [1.165, 1.54) is 10.4 Å². The normalized spacial score (nSPS) is 10.6. The SMILES string of the molecule is Cc1ccsc1CCN(C)c1ccc(N)c(C)n1. The second-order valence-electron chi connectivity index (χ2n) is 4.54. The monoisotopic (exact) mass is 261 g/mol. The molecule has 0 unspecified atom stereocenters. The number of nitrogens with two attached hydrogens (primary N) is 1. The molecule has 0 aliphatic rings. The van der Waals surface area contributed by atoms with Crippen molar-refractivity contribution in [2.75, 3.05) is 24.2 Å². The first-order valence-electron chi connectivity index (χ1n) is 6.05. The van der Waals surface area contributed by atoms with Gasteiger partial charge in [0.1, 0.15) is 5.82 Å². The highest BCUT2D eigenvalue weighted by atomic mass is 32.1. The number of hydrogen-bond donors (Lipinski definition) is 1. The van der Waals surface area contributed by atoms with Crippen LogP contribution >= 0.6 is 11.3 Å². The molecule has 2 heterocycles. The highest BCUT2D eigenvalue weighted by Crippen LogP contribution is 2.19. The largest absolute Gasteiger partial charge is 0.397 e. The minimum atomic E-state index is 0.751. The molecule has 0 amide bonds. The van der Waals surface area contributed by atoms with E-state index in [9.17, 15) is 0 Å². The van der Waals surface area contributed by atoms with Gasteiger partial charge < -0.3 is 10.6 Å². The van der Waals surface area contributed by atoms with Gasteiger partial charge in [0, 0.05) is 18.5 Å². The Bertz CT molecular complexity index is 534. The molecule has 2 rings (SSSR count). The Morgan fingerprint density at radius 2 is 2.06 bits per heavy atom. The predicted molar refractivity (Wildman–Crippen MR) is 79.4 cm³/mol. The van der Waals surface area contributed by atoms with Gasteiger partial charge in [-0.05, 0) is 49.4 Å². The molecule has 0 atom stereocenters. The molecule has 96 valence electrons. The summed E-state index contributed by atoms with van der Waals surface area (Å²) in [7, 11) is 2.07. The lowest BCUT2D eigenvalue weighted by atomic mass is 10.2. The topological polar surface area (TPSA) is 42.1 Å². The zero-order valence-corrected chi connectivity index (χ0v) is 11.9. The van der Waals surface area contributed by atoms with Crippen molar-refractivity contribution < 1.29 is 0 Å². The van der Waals surface area contributed by atoms with E-state index in [0.29, 0.717) is 0 Å². The highest BCUT2D eigenvalue weighted by Gasteiger charge is 2.06. The van der Waals surface area contributed by atoms with Crippen molar-refractivity contribution in [3.63, 3.8) is 0 Å². The number of thiophene rings is 1. The van der Waals surface area contributed by atoms with E-state index in [1.54, 1.807) is 0 Å². The quantitative estimate of drug-likeness (QED) is 0.920. The number of nitrogens with zero attached hydrogens (tertiary/aromatic N) is 2. The number of aromatic nitrogens is 1. The third-order valence-corrected chi connectivity index (χ3v) is 4.23. The van der Waals surface area contributed by atoms with Crippen LogP contribution in [0.1, 0.15) is 16.1 Å². The van der Waals surface area contributed by atoms with Gasteiger partial charge in [0.2, 0.25) is 0 Å². The average Bonchev–Trinajstić information content (AvgIpc) is 2.75. The second kappa shape index (κ2) is 5.40. The molecule has 3 nitrogen and oxygen atoms in total. The minimum Gasteiger partial charge on any atom is -0.397 e. The summed E-state index contributed by atoms with van der Waals surface area (Å²) in [5.74, 6) is 0.982. The van der Waals surface area contributed by atoms with Gasteiger partial charge in [-0.25, -0.2) is 4.98 Å². The zero-order chi connectivity index (χ0) is 13.1. The number of anilines is 2. The van der Waals surface area contributed by atoms with Crippen LogP contribution in [0.3, 0.4) is 0 Å². The van der Waals surface area contributed by atoms with E-state index >= 15 is 0 Å². The van der Waals surface area contributed by atoms with E-state index in [4.69, 9.17) is 5.73 Å².